The number of benzene rings is 3. The van der Waals surface area contributed by atoms with Crippen molar-refractivity contribution in [3.63, 3.8) is 0 Å². The summed E-state index contributed by atoms with van der Waals surface area (Å²) in [6, 6.07) is 22.1. The standard InChI is InChI=1S/C27H19Cl2N3O2S/c1-16(25(33)31-22-12-20(28)11-21(29)13-22)32-15-30-26-24(27(32)34)23(14-35-26)19-9-7-18(8-10-19)17-5-3-2-4-6-17/h2-16H,1H3,(H,31,33). The molecule has 0 saturated carbocycles. The summed E-state index contributed by atoms with van der Waals surface area (Å²) in [5, 5.41) is 6.00. The van der Waals surface area contributed by atoms with Crippen LogP contribution in [0.1, 0.15) is 13.0 Å². The van der Waals surface area contributed by atoms with Crippen molar-refractivity contribution in [2.24, 2.45) is 0 Å². The largest absolute Gasteiger partial charge is 0.324 e. The smallest absolute Gasteiger partial charge is 0.263 e. The van der Waals surface area contributed by atoms with Crippen molar-refractivity contribution in [3.8, 4) is 22.3 Å². The molecule has 1 unspecified atom stereocenters. The summed E-state index contributed by atoms with van der Waals surface area (Å²) < 4.78 is 1.35. The van der Waals surface area contributed by atoms with E-state index >= 15 is 0 Å². The van der Waals surface area contributed by atoms with Crippen LogP contribution in [0.15, 0.2) is 89.3 Å². The number of fused-ring (bicyclic) bond motifs is 1. The Bertz CT molecular complexity index is 1570. The molecule has 1 amide bonds. The highest BCUT2D eigenvalue weighted by molar-refractivity contribution is 7.17. The zero-order chi connectivity index (χ0) is 24.5. The van der Waals surface area contributed by atoms with Crippen LogP contribution in [-0.2, 0) is 4.79 Å². The number of anilines is 1. The molecule has 2 aromatic heterocycles. The van der Waals surface area contributed by atoms with Crippen molar-refractivity contribution in [2.45, 2.75) is 13.0 Å². The average Bonchev–Trinajstić information content (AvgIpc) is 3.29. The molecule has 3 aromatic carbocycles. The predicted octanol–water partition coefficient (Wildman–Crippen LogP) is 7.30. The third-order valence-electron chi connectivity index (χ3n) is 5.75. The van der Waals surface area contributed by atoms with E-state index in [1.165, 1.54) is 22.2 Å². The van der Waals surface area contributed by atoms with Crippen molar-refractivity contribution >= 4 is 56.3 Å². The number of rotatable bonds is 5. The lowest BCUT2D eigenvalue weighted by Crippen LogP contribution is -2.31. The Morgan fingerprint density at radius 3 is 2.26 bits per heavy atom. The minimum Gasteiger partial charge on any atom is -0.324 e. The van der Waals surface area contributed by atoms with E-state index in [2.05, 4.69) is 22.4 Å². The van der Waals surface area contributed by atoms with Crippen LogP contribution in [0, 0.1) is 0 Å². The summed E-state index contributed by atoms with van der Waals surface area (Å²) >= 11 is 13.5. The first-order valence-corrected chi connectivity index (χ1v) is 12.5. The predicted molar refractivity (Wildman–Crippen MR) is 145 cm³/mol. The van der Waals surface area contributed by atoms with Gasteiger partial charge in [0.15, 0.2) is 0 Å². The summed E-state index contributed by atoms with van der Waals surface area (Å²) in [5.41, 5.74) is 4.11. The highest BCUT2D eigenvalue weighted by Crippen LogP contribution is 2.32. The zero-order valence-corrected chi connectivity index (χ0v) is 20.9. The fraction of sp³-hybridized carbons (Fsp3) is 0.0741. The van der Waals surface area contributed by atoms with Crippen molar-refractivity contribution < 1.29 is 4.79 Å². The van der Waals surface area contributed by atoms with Gasteiger partial charge in [0.1, 0.15) is 10.9 Å². The lowest BCUT2D eigenvalue weighted by Gasteiger charge is -2.15. The number of hydrogen-bond acceptors (Lipinski definition) is 4. The fourth-order valence-electron chi connectivity index (χ4n) is 3.91. The second-order valence-electron chi connectivity index (χ2n) is 8.05. The zero-order valence-electron chi connectivity index (χ0n) is 18.5. The van der Waals surface area contributed by atoms with Crippen LogP contribution in [-0.4, -0.2) is 15.5 Å². The summed E-state index contributed by atoms with van der Waals surface area (Å²) in [6.45, 7) is 1.65. The van der Waals surface area contributed by atoms with E-state index in [4.69, 9.17) is 23.2 Å². The van der Waals surface area contributed by atoms with Gasteiger partial charge in [-0.05, 0) is 41.8 Å². The number of halogens is 2. The molecular formula is C27H19Cl2N3O2S. The summed E-state index contributed by atoms with van der Waals surface area (Å²) in [7, 11) is 0. The third-order valence-corrected chi connectivity index (χ3v) is 7.07. The highest BCUT2D eigenvalue weighted by Gasteiger charge is 2.21. The van der Waals surface area contributed by atoms with Crippen molar-refractivity contribution in [1.82, 2.24) is 9.55 Å². The van der Waals surface area contributed by atoms with Crippen LogP contribution in [0.3, 0.4) is 0 Å². The molecule has 5 rings (SSSR count). The van der Waals surface area contributed by atoms with Crippen LogP contribution < -0.4 is 10.9 Å². The molecule has 0 aliphatic rings. The minimum absolute atomic E-state index is 0.273. The molecule has 0 spiro atoms. The molecule has 1 N–H and O–H groups in total. The number of amides is 1. The third kappa shape index (κ3) is 4.73. The molecule has 5 aromatic rings. The first-order chi connectivity index (χ1) is 16.9. The normalized spacial score (nSPS) is 12.0. The Hall–Kier alpha value is -3.45. The lowest BCUT2D eigenvalue weighted by molar-refractivity contribution is -0.118. The fourth-order valence-corrected chi connectivity index (χ4v) is 5.34. The number of thiophene rings is 1. The summed E-state index contributed by atoms with van der Waals surface area (Å²) in [5.74, 6) is -0.379. The lowest BCUT2D eigenvalue weighted by atomic mass is 10.0. The molecule has 0 aliphatic heterocycles. The molecule has 0 bridgehead atoms. The SMILES string of the molecule is CC(C(=O)Nc1cc(Cl)cc(Cl)c1)n1cnc2scc(-c3ccc(-c4ccccc4)cc3)c2c1=O. The quantitative estimate of drug-likeness (QED) is 0.265. The molecule has 174 valence electrons. The number of aromatic nitrogens is 2. The van der Waals surface area contributed by atoms with E-state index in [1.807, 2.05) is 47.8 Å². The summed E-state index contributed by atoms with van der Waals surface area (Å²) in [6.07, 6.45) is 1.42. The van der Waals surface area contributed by atoms with E-state index in [0.717, 1.165) is 22.3 Å². The molecule has 0 fully saturated rings. The van der Waals surface area contributed by atoms with Gasteiger partial charge in [-0.15, -0.1) is 11.3 Å². The second-order valence-corrected chi connectivity index (χ2v) is 9.78. The van der Waals surface area contributed by atoms with Gasteiger partial charge in [-0.2, -0.15) is 0 Å². The first kappa shape index (κ1) is 23.3. The first-order valence-electron chi connectivity index (χ1n) is 10.8. The van der Waals surface area contributed by atoms with Gasteiger partial charge in [-0.3, -0.25) is 14.2 Å². The monoisotopic (exact) mass is 519 g/mol. The number of carbonyl (C=O) groups excluding carboxylic acids is 1. The van der Waals surface area contributed by atoms with Crippen molar-refractivity contribution in [1.29, 1.82) is 0 Å². The van der Waals surface area contributed by atoms with Crippen LogP contribution in [0.4, 0.5) is 5.69 Å². The molecule has 35 heavy (non-hydrogen) atoms. The van der Waals surface area contributed by atoms with E-state index in [-0.39, 0.29) is 11.5 Å². The van der Waals surface area contributed by atoms with Crippen LogP contribution in [0.5, 0.6) is 0 Å². The van der Waals surface area contributed by atoms with Crippen LogP contribution in [0.25, 0.3) is 32.5 Å². The Morgan fingerprint density at radius 1 is 0.943 bits per heavy atom. The Balaban J connectivity index is 1.47. The van der Waals surface area contributed by atoms with Crippen LogP contribution >= 0.6 is 34.5 Å². The number of hydrogen-bond donors (Lipinski definition) is 1. The van der Waals surface area contributed by atoms with Gasteiger partial charge in [0.05, 0.1) is 11.7 Å². The van der Waals surface area contributed by atoms with Crippen LogP contribution in [0.2, 0.25) is 10.0 Å². The van der Waals surface area contributed by atoms with E-state index < -0.39 is 6.04 Å². The van der Waals surface area contributed by atoms with Gasteiger partial charge in [0.2, 0.25) is 5.91 Å². The molecular weight excluding hydrogens is 501 g/mol. The minimum atomic E-state index is -0.801. The molecule has 2 heterocycles. The maximum Gasteiger partial charge on any atom is 0.263 e. The Labute approximate surface area is 215 Å². The van der Waals surface area contributed by atoms with Gasteiger partial charge in [-0.25, -0.2) is 4.98 Å². The highest BCUT2D eigenvalue weighted by atomic mass is 35.5. The Kier molecular flexibility index (Phi) is 6.43. The average molecular weight is 520 g/mol. The van der Waals surface area contributed by atoms with E-state index in [1.54, 1.807) is 25.1 Å². The van der Waals surface area contributed by atoms with Gasteiger partial charge >= 0.3 is 0 Å². The summed E-state index contributed by atoms with van der Waals surface area (Å²) in [4.78, 5) is 31.5. The topological polar surface area (TPSA) is 64.0 Å². The molecule has 0 saturated heterocycles. The van der Waals surface area contributed by atoms with Crippen molar-refractivity contribution in [3.05, 3.63) is 105 Å². The van der Waals surface area contributed by atoms with E-state index in [0.29, 0.717) is 25.9 Å². The van der Waals surface area contributed by atoms with Gasteiger partial charge < -0.3 is 5.32 Å². The maximum absolute atomic E-state index is 13.5. The molecule has 1 atom stereocenters. The van der Waals surface area contributed by atoms with Gasteiger partial charge in [0.25, 0.3) is 5.56 Å². The molecule has 0 aliphatic carbocycles. The molecule has 5 nitrogen and oxygen atoms in total. The molecule has 0 radical (unpaired) electrons. The van der Waals surface area contributed by atoms with Crippen molar-refractivity contribution in [2.75, 3.05) is 5.32 Å². The second kappa shape index (κ2) is 9.66. The maximum atomic E-state index is 13.5. The number of nitrogens with zero attached hydrogens (tertiary/aromatic N) is 2. The van der Waals surface area contributed by atoms with Gasteiger partial charge in [0, 0.05) is 26.7 Å². The number of carbonyl (C=O) groups is 1. The van der Waals surface area contributed by atoms with E-state index in [9.17, 15) is 9.59 Å². The van der Waals surface area contributed by atoms with Gasteiger partial charge in [-0.1, -0.05) is 77.8 Å². The number of nitrogens with one attached hydrogen (secondary N) is 1. The molecule has 8 heteroatoms. The Morgan fingerprint density at radius 2 is 1.57 bits per heavy atom.